The summed E-state index contributed by atoms with van der Waals surface area (Å²) in [4.78, 5) is 36.8. The predicted octanol–water partition coefficient (Wildman–Crippen LogP) is 14.0. The minimum Gasteiger partial charge on any atom is -0.497 e. The molecule has 0 heterocycles. The van der Waals surface area contributed by atoms with Crippen LogP contribution >= 0.6 is 0 Å². The number of carbonyl (C=O) groups is 3. The number of esters is 1. The first kappa shape index (κ1) is 56.9. The van der Waals surface area contributed by atoms with Crippen molar-refractivity contribution in [2.45, 2.75) is 65.7 Å². The smallest absolute Gasteiger partial charge is 0.341 e. The van der Waals surface area contributed by atoms with Crippen LogP contribution in [0.3, 0.4) is 0 Å². The quantitative estimate of drug-likeness (QED) is 0.0663. The molecule has 7 aromatic rings. The van der Waals surface area contributed by atoms with Crippen LogP contribution in [-0.2, 0) is 11.2 Å². The fourth-order valence-electron chi connectivity index (χ4n) is 8.93. The van der Waals surface area contributed by atoms with Crippen LogP contribution in [0.1, 0.15) is 91.9 Å². The second-order valence-electron chi connectivity index (χ2n) is 20.3. The second-order valence-corrected chi connectivity index (χ2v) is 20.3. The van der Waals surface area contributed by atoms with Crippen molar-refractivity contribution in [1.29, 1.82) is 0 Å². The summed E-state index contributed by atoms with van der Waals surface area (Å²) in [6.45, 7) is 8.24. The Labute approximate surface area is 462 Å². The SMILES string of the molecule is COC(=O)c1cc(-c2ccc(OC)cc2C)ccc1OCC1CC1.COc1ccc(-c2ccc(OCC3CC3)c(C(=O)NCCc3ccccc3F)c2)c(C)c1.COc1ccc(-c2ccc(OCC3CC3)c(C(=O)O)c2)c(C)c1. The molecule has 0 atom stereocenters. The Morgan fingerprint density at radius 1 is 0.506 bits per heavy atom. The zero-order chi connectivity index (χ0) is 56.0. The molecule has 10 rings (SSSR count). The summed E-state index contributed by atoms with van der Waals surface area (Å²) in [5.41, 5.74) is 10.7. The number of amides is 1. The molecule has 1 amide bonds. The van der Waals surface area contributed by atoms with Crippen LogP contribution < -0.4 is 33.7 Å². The maximum absolute atomic E-state index is 13.9. The molecule has 12 nitrogen and oxygen atoms in total. The fraction of sp³-hybridized carbons (Fsp3) is 0.318. The standard InChI is InChI=1S/C27H28FNO3.C20H22O4.C19H20O4/c1-18-15-22(31-2)10-11-23(18)21-9-12-26(32-17-19-7-8-19)24(16-21)27(30)29-14-13-20-5-3-4-6-25(20)28;1-13-10-16(22-2)7-8-17(13)15-6-9-19(24-12-14-4-5-14)18(11-15)20(21)23-3;1-12-9-15(22-2)6-7-16(12)14-5-8-18(17(10-14)19(20)21)23-11-13-3-4-13/h3-6,9-12,15-16,19H,7-8,13-14,17H2,1-2H3,(H,29,30);6-11,14H,4-5,12H2,1-3H3;5-10,13H,3-4,11H2,1-2H3,(H,20,21). The molecule has 0 aromatic heterocycles. The van der Waals surface area contributed by atoms with Gasteiger partial charge >= 0.3 is 11.9 Å². The van der Waals surface area contributed by atoms with Crippen molar-refractivity contribution in [3.8, 4) is 67.9 Å². The highest BCUT2D eigenvalue weighted by Crippen LogP contribution is 2.37. The number of methoxy groups -OCH3 is 4. The number of hydrogen-bond acceptors (Lipinski definition) is 10. The highest BCUT2D eigenvalue weighted by Gasteiger charge is 2.26. The zero-order valence-electron chi connectivity index (χ0n) is 46.1. The summed E-state index contributed by atoms with van der Waals surface area (Å²) in [6.07, 6.45) is 7.53. The van der Waals surface area contributed by atoms with E-state index in [4.69, 9.17) is 33.2 Å². The van der Waals surface area contributed by atoms with E-state index in [-0.39, 0.29) is 23.3 Å². The van der Waals surface area contributed by atoms with Crippen molar-refractivity contribution in [3.05, 3.63) is 178 Å². The maximum Gasteiger partial charge on any atom is 0.341 e. The molecular weight excluding hydrogens is 1000 g/mol. The molecule has 2 N–H and O–H groups in total. The van der Waals surface area contributed by atoms with Gasteiger partial charge in [-0.15, -0.1) is 0 Å². The summed E-state index contributed by atoms with van der Waals surface area (Å²) in [5, 5.41) is 12.4. The van der Waals surface area contributed by atoms with Crippen molar-refractivity contribution in [1.82, 2.24) is 5.32 Å². The van der Waals surface area contributed by atoms with E-state index in [1.165, 1.54) is 51.7 Å². The number of benzene rings is 7. The molecule has 0 saturated heterocycles. The average molecular weight is 1070 g/mol. The van der Waals surface area contributed by atoms with E-state index in [0.29, 0.717) is 84.5 Å². The molecule has 3 aliphatic rings. The third-order valence-electron chi connectivity index (χ3n) is 14.2. The van der Waals surface area contributed by atoms with Gasteiger partial charge in [-0.1, -0.05) is 54.6 Å². The number of aryl methyl sites for hydroxylation is 3. The molecule has 0 aliphatic heterocycles. The molecule has 3 aliphatic carbocycles. The monoisotopic (exact) mass is 1070 g/mol. The number of carboxylic acids is 1. The lowest BCUT2D eigenvalue weighted by Gasteiger charge is -2.15. The molecule has 79 heavy (non-hydrogen) atoms. The Morgan fingerprint density at radius 3 is 1.28 bits per heavy atom. The van der Waals surface area contributed by atoms with Gasteiger partial charge < -0.3 is 43.6 Å². The Balaban J connectivity index is 0.000000159. The van der Waals surface area contributed by atoms with Gasteiger partial charge in [0.2, 0.25) is 0 Å². The van der Waals surface area contributed by atoms with E-state index in [0.717, 1.165) is 67.3 Å². The minimum atomic E-state index is -0.969. The van der Waals surface area contributed by atoms with Crippen molar-refractivity contribution in [2.75, 3.05) is 54.8 Å². The summed E-state index contributed by atoms with van der Waals surface area (Å²) in [7, 11) is 6.31. The predicted molar refractivity (Wildman–Crippen MR) is 305 cm³/mol. The number of rotatable bonds is 21. The van der Waals surface area contributed by atoms with Gasteiger partial charge in [-0.2, -0.15) is 0 Å². The van der Waals surface area contributed by atoms with Crippen LogP contribution in [0, 0.1) is 44.3 Å². The van der Waals surface area contributed by atoms with Crippen molar-refractivity contribution in [3.63, 3.8) is 0 Å². The summed E-state index contributed by atoms with van der Waals surface area (Å²) >= 11 is 0. The zero-order valence-corrected chi connectivity index (χ0v) is 46.1. The molecule has 0 unspecified atom stereocenters. The molecule has 0 bridgehead atoms. The van der Waals surface area contributed by atoms with E-state index >= 15 is 0 Å². The highest BCUT2D eigenvalue weighted by atomic mass is 19.1. The van der Waals surface area contributed by atoms with Gasteiger partial charge in [-0.3, -0.25) is 4.79 Å². The third-order valence-corrected chi connectivity index (χ3v) is 14.2. The number of carboxylic acid groups (broad SMARTS) is 1. The lowest BCUT2D eigenvalue weighted by atomic mass is 9.98. The van der Waals surface area contributed by atoms with Crippen LogP contribution in [0.25, 0.3) is 33.4 Å². The van der Waals surface area contributed by atoms with E-state index in [1.54, 1.807) is 51.7 Å². The Kier molecular flexibility index (Phi) is 19.3. The minimum absolute atomic E-state index is 0.207. The Hall–Kier alpha value is -8.32. The average Bonchev–Trinajstić information content (AvgIpc) is 4.33. The third kappa shape index (κ3) is 15.7. The van der Waals surface area contributed by atoms with Gasteiger partial charge in [-0.25, -0.2) is 14.0 Å². The number of aromatic carboxylic acids is 1. The fourth-order valence-corrected chi connectivity index (χ4v) is 8.93. The van der Waals surface area contributed by atoms with E-state index in [1.807, 2.05) is 118 Å². The van der Waals surface area contributed by atoms with Crippen molar-refractivity contribution < 1.29 is 57.0 Å². The largest absolute Gasteiger partial charge is 0.497 e. The first-order valence-electron chi connectivity index (χ1n) is 26.8. The molecule has 3 saturated carbocycles. The normalized spacial score (nSPS) is 13.3. The van der Waals surface area contributed by atoms with Crippen LogP contribution in [0.4, 0.5) is 4.39 Å². The molecular formula is C66H70FNO11. The first-order valence-corrected chi connectivity index (χ1v) is 26.8. The van der Waals surface area contributed by atoms with Gasteiger partial charge in [0, 0.05) is 6.54 Å². The first-order chi connectivity index (χ1) is 38.2. The van der Waals surface area contributed by atoms with E-state index < -0.39 is 5.97 Å². The number of halogens is 1. The number of ether oxygens (including phenoxy) is 7. The van der Waals surface area contributed by atoms with Gasteiger partial charge in [0.15, 0.2) is 0 Å². The molecule has 3 fully saturated rings. The summed E-state index contributed by atoms with van der Waals surface area (Å²) < 4.78 is 52.0. The number of carbonyl (C=O) groups excluding carboxylic acids is 2. The molecule has 13 heteroatoms. The molecule has 7 aromatic carbocycles. The molecule has 412 valence electrons. The van der Waals surface area contributed by atoms with Crippen LogP contribution in [0.15, 0.2) is 133 Å². The summed E-state index contributed by atoms with van der Waals surface area (Å²) in [5.74, 6) is 3.96. The Bertz CT molecular complexity index is 3270. The highest BCUT2D eigenvalue weighted by molar-refractivity contribution is 5.98. The second kappa shape index (κ2) is 26.8. The number of hydrogen-bond donors (Lipinski definition) is 2. The van der Waals surface area contributed by atoms with Gasteiger partial charge in [0.05, 0.1) is 53.8 Å². The van der Waals surface area contributed by atoms with E-state index in [9.17, 15) is 23.9 Å². The molecule has 0 spiro atoms. The van der Waals surface area contributed by atoms with Crippen LogP contribution in [0.5, 0.6) is 34.5 Å². The molecule has 0 radical (unpaired) electrons. The lowest BCUT2D eigenvalue weighted by molar-refractivity contribution is 0.0594. The van der Waals surface area contributed by atoms with Gasteiger partial charge in [-0.05, 0) is 218 Å². The van der Waals surface area contributed by atoms with Crippen LogP contribution in [0.2, 0.25) is 0 Å². The van der Waals surface area contributed by atoms with E-state index in [2.05, 4.69) is 5.32 Å². The van der Waals surface area contributed by atoms with Gasteiger partial charge in [0.1, 0.15) is 51.4 Å². The topological polar surface area (TPSA) is 148 Å². The maximum atomic E-state index is 13.9. The number of nitrogens with one attached hydrogen (secondary N) is 1. The lowest BCUT2D eigenvalue weighted by Crippen LogP contribution is -2.26. The van der Waals surface area contributed by atoms with Crippen LogP contribution in [-0.4, -0.2) is 77.8 Å². The van der Waals surface area contributed by atoms with Crippen molar-refractivity contribution in [2.24, 2.45) is 17.8 Å². The van der Waals surface area contributed by atoms with Gasteiger partial charge in [0.25, 0.3) is 5.91 Å². The summed E-state index contributed by atoms with van der Waals surface area (Å²) in [6, 6.07) is 40.9. The Morgan fingerprint density at radius 2 is 0.899 bits per heavy atom. The van der Waals surface area contributed by atoms with Crippen molar-refractivity contribution >= 4 is 17.8 Å².